The van der Waals surface area contributed by atoms with E-state index in [0.29, 0.717) is 12.5 Å². The molecule has 1 amide bonds. The van der Waals surface area contributed by atoms with Gasteiger partial charge in [-0.1, -0.05) is 19.9 Å². The number of carbonyl (C=O) groups excluding carboxylic acids is 1. The van der Waals surface area contributed by atoms with E-state index in [2.05, 4.69) is 37.1 Å². The molecule has 0 bridgehead atoms. The minimum atomic E-state index is -0.0798. The number of benzene rings is 1. The van der Waals surface area contributed by atoms with Gasteiger partial charge in [-0.2, -0.15) is 0 Å². The van der Waals surface area contributed by atoms with Crippen LogP contribution in [-0.4, -0.2) is 56.8 Å². The van der Waals surface area contributed by atoms with Crippen LogP contribution < -0.4 is 10.1 Å². The Kier molecular flexibility index (Phi) is 6.86. The van der Waals surface area contributed by atoms with Gasteiger partial charge in [-0.25, -0.2) is 0 Å². The van der Waals surface area contributed by atoms with Gasteiger partial charge in [0, 0.05) is 26.2 Å². The molecule has 0 aliphatic carbocycles. The first-order valence-corrected chi connectivity index (χ1v) is 8.36. The van der Waals surface area contributed by atoms with E-state index in [-0.39, 0.29) is 12.5 Å². The summed E-state index contributed by atoms with van der Waals surface area (Å²) in [5, 5.41) is 2.90. The summed E-state index contributed by atoms with van der Waals surface area (Å²) < 4.78 is 10.9. The third-order valence-corrected chi connectivity index (χ3v) is 4.09. The topological polar surface area (TPSA) is 50.8 Å². The van der Waals surface area contributed by atoms with Crippen molar-refractivity contribution < 1.29 is 14.3 Å². The normalized spacial score (nSPS) is 15.7. The molecule has 1 fully saturated rings. The lowest BCUT2D eigenvalue weighted by Gasteiger charge is -2.26. The standard InChI is InChI=1S/C18H28N2O3/c1-14(2)17-5-4-16(12-15(17)3)23-13-18(21)19-6-7-20-8-10-22-11-9-20/h4-5,12,14H,6-11,13H2,1-3H3,(H,19,21). The van der Waals surface area contributed by atoms with E-state index in [4.69, 9.17) is 9.47 Å². The molecule has 23 heavy (non-hydrogen) atoms. The summed E-state index contributed by atoms with van der Waals surface area (Å²) in [6, 6.07) is 6.01. The number of ether oxygens (including phenoxy) is 2. The predicted molar refractivity (Wildman–Crippen MR) is 91.0 cm³/mol. The Morgan fingerprint density at radius 3 is 2.74 bits per heavy atom. The smallest absolute Gasteiger partial charge is 0.257 e. The van der Waals surface area contributed by atoms with E-state index in [1.807, 2.05) is 12.1 Å². The average Bonchev–Trinajstić information content (AvgIpc) is 2.53. The van der Waals surface area contributed by atoms with Crippen molar-refractivity contribution >= 4 is 5.91 Å². The second kappa shape index (κ2) is 8.89. The van der Waals surface area contributed by atoms with Crippen molar-refractivity contribution in [3.05, 3.63) is 29.3 Å². The highest BCUT2D eigenvalue weighted by Crippen LogP contribution is 2.23. The zero-order valence-corrected chi connectivity index (χ0v) is 14.4. The van der Waals surface area contributed by atoms with Crippen LogP contribution in [0.4, 0.5) is 0 Å². The number of nitrogens with zero attached hydrogens (tertiary/aromatic N) is 1. The minimum absolute atomic E-state index is 0.0591. The quantitative estimate of drug-likeness (QED) is 0.834. The second-order valence-corrected chi connectivity index (χ2v) is 6.27. The maximum atomic E-state index is 11.8. The largest absolute Gasteiger partial charge is 0.484 e. The van der Waals surface area contributed by atoms with Crippen molar-refractivity contribution in [2.24, 2.45) is 0 Å². The Balaban J connectivity index is 1.68. The molecule has 1 saturated heterocycles. The maximum Gasteiger partial charge on any atom is 0.257 e. The van der Waals surface area contributed by atoms with Gasteiger partial charge in [0.05, 0.1) is 13.2 Å². The van der Waals surface area contributed by atoms with E-state index < -0.39 is 0 Å². The molecule has 0 radical (unpaired) electrons. The van der Waals surface area contributed by atoms with Crippen molar-refractivity contribution in [3.8, 4) is 5.75 Å². The summed E-state index contributed by atoms with van der Waals surface area (Å²) >= 11 is 0. The van der Waals surface area contributed by atoms with Gasteiger partial charge >= 0.3 is 0 Å². The summed E-state index contributed by atoms with van der Waals surface area (Å²) in [6.45, 7) is 11.4. The van der Waals surface area contributed by atoms with Crippen molar-refractivity contribution in [1.29, 1.82) is 0 Å². The third-order valence-electron chi connectivity index (χ3n) is 4.09. The van der Waals surface area contributed by atoms with Crippen molar-refractivity contribution in [1.82, 2.24) is 10.2 Å². The van der Waals surface area contributed by atoms with E-state index in [9.17, 15) is 4.79 Å². The Morgan fingerprint density at radius 2 is 2.09 bits per heavy atom. The van der Waals surface area contributed by atoms with Gasteiger partial charge in [0.25, 0.3) is 5.91 Å². The molecular formula is C18H28N2O3. The van der Waals surface area contributed by atoms with Gasteiger partial charge in [-0.3, -0.25) is 9.69 Å². The monoisotopic (exact) mass is 320 g/mol. The average molecular weight is 320 g/mol. The lowest BCUT2D eigenvalue weighted by molar-refractivity contribution is -0.123. The van der Waals surface area contributed by atoms with Gasteiger partial charge < -0.3 is 14.8 Å². The van der Waals surface area contributed by atoms with Crippen molar-refractivity contribution in [2.45, 2.75) is 26.7 Å². The number of hydrogen-bond donors (Lipinski definition) is 1. The summed E-state index contributed by atoms with van der Waals surface area (Å²) in [7, 11) is 0. The van der Waals surface area contributed by atoms with E-state index >= 15 is 0 Å². The van der Waals surface area contributed by atoms with Crippen LogP contribution in [0.2, 0.25) is 0 Å². The maximum absolute atomic E-state index is 11.8. The number of aryl methyl sites for hydroxylation is 1. The summed E-state index contributed by atoms with van der Waals surface area (Å²) in [6.07, 6.45) is 0. The van der Waals surface area contributed by atoms with E-state index in [0.717, 1.165) is 38.6 Å². The second-order valence-electron chi connectivity index (χ2n) is 6.27. The molecular weight excluding hydrogens is 292 g/mol. The first kappa shape index (κ1) is 17.8. The van der Waals surface area contributed by atoms with Crippen LogP contribution in [0.25, 0.3) is 0 Å². The highest BCUT2D eigenvalue weighted by atomic mass is 16.5. The number of nitrogens with one attached hydrogen (secondary N) is 1. The number of carbonyl (C=O) groups is 1. The van der Waals surface area contributed by atoms with E-state index in [1.54, 1.807) is 0 Å². The molecule has 0 spiro atoms. The first-order chi connectivity index (χ1) is 11.1. The molecule has 0 aromatic heterocycles. The molecule has 0 unspecified atom stereocenters. The highest BCUT2D eigenvalue weighted by Gasteiger charge is 2.10. The number of amides is 1. The molecule has 1 aromatic carbocycles. The molecule has 2 rings (SSSR count). The van der Waals surface area contributed by atoms with Gasteiger partial charge in [0.15, 0.2) is 6.61 Å². The van der Waals surface area contributed by atoms with Gasteiger partial charge in [-0.05, 0) is 36.1 Å². The molecule has 0 saturated carbocycles. The molecule has 1 N–H and O–H groups in total. The van der Waals surface area contributed by atoms with Gasteiger partial charge in [0.1, 0.15) is 5.75 Å². The Morgan fingerprint density at radius 1 is 1.35 bits per heavy atom. The van der Waals surface area contributed by atoms with Crippen LogP contribution in [0.5, 0.6) is 5.75 Å². The summed E-state index contributed by atoms with van der Waals surface area (Å²) in [5.41, 5.74) is 2.51. The number of hydrogen-bond acceptors (Lipinski definition) is 4. The molecule has 1 heterocycles. The molecule has 1 aliphatic rings. The number of rotatable bonds is 7. The van der Waals surface area contributed by atoms with Crippen molar-refractivity contribution in [2.75, 3.05) is 46.0 Å². The van der Waals surface area contributed by atoms with Crippen LogP contribution in [0.3, 0.4) is 0 Å². The third kappa shape index (κ3) is 5.84. The highest BCUT2D eigenvalue weighted by molar-refractivity contribution is 5.77. The molecule has 128 valence electrons. The fraction of sp³-hybridized carbons (Fsp3) is 0.611. The van der Waals surface area contributed by atoms with Gasteiger partial charge in [-0.15, -0.1) is 0 Å². The molecule has 5 heteroatoms. The van der Waals surface area contributed by atoms with E-state index in [1.165, 1.54) is 11.1 Å². The Bertz CT molecular complexity index is 511. The summed E-state index contributed by atoms with van der Waals surface area (Å²) in [5.74, 6) is 1.16. The Hall–Kier alpha value is -1.59. The molecule has 5 nitrogen and oxygen atoms in total. The minimum Gasteiger partial charge on any atom is -0.484 e. The van der Waals surface area contributed by atoms with Crippen LogP contribution >= 0.6 is 0 Å². The van der Waals surface area contributed by atoms with Crippen LogP contribution in [0.15, 0.2) is 18.2 Å². The fourth-order valence-electron chi connectivity index (χ4n) is 2.76. The van der Waals surface area contributed by atoms with Gasteiger partial charge in [0.2, 0.25) is 0 Å². The molecule has 0 atom stereocenters. The summed E-state index contributed by atoms with van der Waals surface area (Å²) in [4.78, 5) is 14.1. The first-order valence-electron chi connectivity index (χ1n) is 8.36. The fourth-order valence-corrected chi connectivity index (χ4v) is 2.76. The van der Waals surface area contributed by atoms with Crippen LogP contribution in [0, 0.1) is 6.92 Å². The van der Waals surface area contributed by atoms with Crippen molar-refractivity contribution in [3.63, 3.8) is 0 Å². The van der Waals surface area contributed by atoms with Crippen LogP contribution in [-0.2, 0) is 9.53 Å². The Labute approximate surface area is 139 Å². The SMILES string of the molecule is Cc1cc(OCC(=O)NCCN2CCOCC2)ccc1C(C)C. The van der Waals surface area contributed by atoms with Crippen LogP contribution in [0.1, 0.15) is 30.9 Å². The predicted octanol–water partition coefficient (Wildman–Crippen LogP) is 1.95. The zero-order valence-electron chi connectivity index (χ0n) is 14.4. The molecule has 1 aliphatic heterocycles. The lowest BCUT2D eigenvalue weighted by Crippen LogP contribution is -2.42. The molecule has 1 aromatic rings. The zero-order chi connectivity index (χ0) is 16.7. The number of morpholine rings is 1. The lowest BCUT2D eigenvalue weighted by atomic mass is 9.98.